The Morgan fingerprint density at radius 3 is 2.64 bits per heavy atom. The number of benzene rings is 1. The average Bonchev–Trinajstić information content (AvgIpc) is 3.46. The average molecular weight is 481 g/mol. The number of methoxy groups -OCH3 is 1. The lowest BCUT2D eigenvalue weighted by molar-refractivity contribution is -0.142. The van der Waals surface area contributed by atoms with E-state index in [-0.39, 0.29) is 29.9 Å². The summed E-state index contributed by atoms with van der Waals surface area (Å²) in [7, 11) is 1.25. The number of nitrogens with one attached hydrogen (secondary N) is 1. The molecule has 4 rings (SSSR count). The summed E-state index contributed by atoms with van der Waals surface area (Å²) < 4.78 is 4.71. The van der Waals surface area contributed by atoms with E-state index in [1.54, 1.807) is 0 Å². The Hall–Kier alpha value is -3.55. The molecule has 2 atom stereocenters. The molecule has 0 radical (unpaired) electrons. The Kier molecular flexibility index (Phi) is 6.53. The van der Waals surface area contributed by atoms with Gasteiger partial charge >= 0.3 is 5.97 Å². The van der Waals surface area contributed by atoms with Crippen molar-refractivity contribution in [2.45, 2.75) is 24.1 Å². The Bertz CT molecular complexity index is 1200. The van der Waals surface area contributed by atoms with E-state index in [2.05, 4.69) is 11.4 Å². The Morgan fingerprint density at radius 2 is 2.00 bits per heavy atom. The number of esters is 1. The maximum absolute atomic E-state index is 13.5. The lowest BCUT2D eigenvalue weighted by Crippen LogP contribution is -2.40. The van der Waals surface area contributed by atoms with Crippen LogP contribution in [-0.4, -0.2) is 35.0 Å². The summed E-state index contributed by atoms with van der Waals surface area (Å²) in [5, 5.41) is 14.2. The third-order valence-electron chi connectivity index (χ3n) is 5.35. The molecule has 1 aromatic heterocycles. The smallest absolute Gasteiger partial charge is 0.307 e. The van der Waals surface area contributed by atoms with Crippen molar-refractivity contribution in [1.29, 1.82) is 5.26 Å². The predicted molar refractivity (Wildman–Crippen MR) is 124 cm³/mol. The predicted octanol–water partition coefficient (Wildman–Crippen LogP) is 2.57. The van der Waals surface area contributed by atoms with Crippen molar-refractivity contribution in [3.05, 3.63) is 80.3 Å². The topological polar surface area (TPSA) is 126 Å². The number of carbonyl (C=O) groups is 3. The normalized spacial score (nSPS) is 19.9. The number of nitrogens with two attached hydrogens (primary N) is 1. The highest BCUT2D eigenvalue weighted by Gasteiger charge is 2.48. The van der Waals surface area contributed by atoms with Crippen LogP contribution >= 0.6 is 23.1 Å². The molecule has 2 aromatic rings. The number of allylic oxidation sites excluding steroid dienone is 1. The van der Waals surface area contributed by atoms with Gasteiger partial charge in [-0.15, -0.1) is 11.3 Å². The van der Waals surface area contributed by atoms with Crippen LogP contribution in [0.25, 0.3) is 0 Å². The van der Waals surface area contributed by atoms with E-state index in [0.717, 1.165) is 22.2 Å². The molecule has 1 aromatic carbocycles. The largest absolute Gasteiger partial charge is 0.469 e. The van der Waals surface area contributed by atoms with Crippen LogP contribution in [0.5, 0.6) is 0 Å². The summed E-state index contributed by atoms with van der Waals surface area (Å²) >= 11 is 2.49. The standard InChI is InChI=1S/C23H20N4O4S2/c1-31-17(28)10-16-22(30)27-20(25)14(11-24)18(15-8-5-9-32-15)19(23(27)33-16)21(29)26-12-13-6-3-2-4-7-13/h2-9,16,18H,10,12,25H2,1H3,(H,26,29)/t16-,18+/m0/s1. The number of rotatable bonds is 6. The molecule has 2 amide bonds. The fraction of sp³-hybridized carbons (Fsp3) is 0.217. The summed E-state index contributed by atoms with van der Waals surface area (Å²) in [6, 6.07) is 15.2. The number of amides is 2. The number of hydrogen-bond donors (Lipinski definition) is 2. The third-order valence-corrected chi connectivity index (χ3v) is 7.56. The van der Waals surface area contributed by atoms with Gasteiger partial charge in [0, 0.05) is 11.4 Å². The summed E-state index contributed by atoms with van der Waals surface area (Å²) in [6.07, 6.45) is -0.169. The number of carbonyl (C=O) groups excluding carboxylic acids is 3. The Morgan fingerprint density at radius 1 is 1.24 bits per heavy atom. The van der Waals surface area contributed by atoms with Crippen molar-refractivity contribution in [3.8, 4) is 6.07 Å². The molecule has 3 N–H and O–H groups in total. The second-order valence-corrected chi connectivity index (χ2v) is 9.48. The Balaban J connectivity index is 1.78. The van der Waals surface area contributed by atoms with E-state index in [9.17, 15) is 19.6 Å². The van der Waals surface area contributed by atoms with Gasteiger partial charge in [-0.25, -0.2) is 0 Å². The van der Waals surface area contributed by atoms with E-state index in [4.69, 9.17) is 10.5 Å². The molecular weight excluding hydrogens is 460 g/mol. The fourth-order valence-electron chi connectivity index (χ4n) is 3.76. The number of thiophene rings is 1. The molecule has 0 saturated carbocycles. The monoisotopic (exact) mass is 480 g/mol. The molecule has 3 heterocycles. The highest BCUT2D eigenvalue weighted by atomic mass is 32.2. The molecule has 1 saturated heterocycles. The number of hydrogen-bond acceptors (Lipinski definition) is 8. The molecule has 8 nitrogen and oxygen atoms in total. The molecule has 0 bridgehead atoms. The van der Waals surface area contributed by atoms with Crippen LogP contribution in [0.3, 0.4) is 0 Å². The number of thioether (sulfide) groups is 1. The molecule has 0 unspecified atom stereocenters. The van der Waals surface area contributed by atoms with Crippen molar-refractivity contribution in [1.82, 2.24) is 10.2 Å². The lowest BCUT2D eigenvalue weighted by atomic mass is 9.87. The second-order valence-electron chi connectivity index (χ2n) is 7.31. The maximum atomic E-state index is 13.5. The number of nitrogens with zero attached hydrogens (tertiary/aromatic N) is 2. The van der Waals surface area contributed by atoms with Gasteiger partial charge in [-0.3, -0.25) is 19.3 Å². The molecule has 0 spiro atoms. The van der Waals surface area contributed by atoms with Crippen LogP contribution in [0.2, 0.25) is 0 Å². The van der Waals surface area contributed by atoms with Gasteiger partial charge in [-0.05, 0) is 17.0 Å². The highest BCUT2D eigenvalue weighted by molar-refractivity contribution is 8.04. The molecule has 2 aliphatic rings. The van der Waals surface area contributed by atoms with Crippen molar-refractivity contribution in [2.75, 3.05) is 7.11 Å². The first kappa shape index (κ1) is 22.6. The SMILES string of the molecule is COC(=O)C[C@@H]1SC2=C(C(=O)NCc3ccccc3)[C@@H](c3cccs3)C(C#N)=C(N)N2C1=O. The van der Waals surface area contributed by atoms with E-state index < -0.39 is 29.0 Å². The summed E-state index contributed by atoms with van der Waals surface area (Å²) in [5.41, 5.74) is 7.59. The van der Waals surface area contributed by atoms with E-state index in [1.165, 1.54) is 23.3 Å². The zero-order valence-corrected chi connectivity index (χ0v) is 19.2. The molecule has 168 valence electrons. The minimum Gasteiger partial charge on any atom is -0.469 e. The van der Waals surface area contributed by atoms with E-state index in [1.807, 2.05) is 47.8 Å². The summed E-state index contributed by atoms with van der Waals surface area (Å²) in [5.74, 6) is -2.14. The van der Waals surface area contributed by atoms with Crippen molar-refractivity contribution in [3.63, 3.8) is 0 Å². The molecular formula is C23H20N4O4S2. The van der Waals surface area contributed by atoms with Crippen LogP contribution in [0.4, 0.5) is 0 Å². The number of ether oxygens (including phenoxy) is 1. The van der Waals surface area contributed by atoms with Crippen LogP contribution in [0.1, 0.15) is 22.8 Å². The van der Waals surface area contributed by atoms with Gasteiger partial charge in [0.1, 0.15) is 11.1 Å². The van der Waals surface area contributed by atoms with E-state index in [0.29, 0.717) is 5.03 Å². The molecule has 1 fully saturated rings. The van der Waals surface area contributed by atoms with Gasteiger partial charge in [0.25, 0.3) is 5.91 Å². The first-order valence-corrected chi connectivity index (χ1v) is 11.8. The van der Waals surface area contributed by atoms with Crippen molar-refractivity contribution in [2.24, 2.45) is 5.73 Å². The van der Waals surface area contributed by atoms with Gasteiger partial charge in [0.15, 0.2) is 0 Å². The molecule has 10 heteroatoms. The third kappa shape index (κ3) is 4.25. The highest BCUT2D eigenvalue weighted by Crippen LogP contribution is 2.50. The van der Waals surface area contributed by atoms with Crippen molar-refractivity contribution < 1.29 is 19.1 Å². The van der Waals surface area contributed by atoms with Crippen LogP contribution in [0, 0.1) is 11.3 Å². The number of fused-ring (bicyclic) bond motifs is 1. The van der Waals surface area contributed by atoms with E-state index >= 15 is 0 Å². The van der Waals surface area contributed by atoms with Gasteiger partial charge in [0.05, 0.1) is 41.7 Å². The quantitative estimate of drug-likeness (QED) is 0.609. The molecule has 2 aliphatic heterocycles. The summed E-state index contributed by atoms with van der Waals surface area (Å²) in [6.45, 7) is 0.277. The fourth-order valence-corrected chi connectivity index (χ4v) is 5.93. The second kappa shape index (κ2) is 9.52. The first-order valence-electron chi connectivity index (χ1n) is 10.0. The maximum Gasteiger partial charge on any atom is 0.307 e. The molecule has 33 heavy (non-hydrogen) atoms. The van der Waals surface area contributed by atoms with Gasteiger partial charge in [0.2, 0.25) is 5.91 Å². The zero-order chi connectivity index (χ0) is 23.5. The number of nitriles is 1. The zero-order valence-electron chi connectivity index (χ0n) is 17.6. The minimum atomic E-state index is -0.801. The molecule has 0 aliphatic carbocycles. The van der Waals surface area contributed by atoms with Crippen LogP contribution in [0.15, 0.2) is 69.8 Å². The van der Waals surface area contributed by atoms with Gasteiger partial charge in [-0.2, -0.15) is 5.26 Å². The van der Waals surface area contributed by atoms with Crippen LogP contribution < -0.4 is 11.1 Å². The summed E-state index contributed by atoms with van der Waals surface area (Å²) in [4.78, 5) is 40.4. The van der Waals surface area contributed by atoms with Gasteiger partial charge < -0.3 is 15.8 Å². The van der Waals surface area contributed by atoms with Gasteiger partial charge in [-0.1, -0.05) is 48.2 Å². The minimum absolute atomic E-state index is 0.0182. The van der Waals surface area contributed by atoms with Crippen molar-refractivity contribution >= 4 is 40.9 Å². The van der Waals surface area contributed by atoms with Crippen LogP contribution in [-0.2, 0) is 25.7 Å². The first-order chi connectivity index (χ1) is 16.0. The Labute approximate surface area is 198 Å². The lowest BCUT2D eigenvalue weighted by Gasteiger charge is -2.31.